The predicted molar refractivity (Wildman–Crippen MR) is 71.4 cm³/mol. The first-order valence-electron chi connectivity index (χ1n) is 5.48. The summed E-state index contributed by atoms with van der Waals surface area (Å²) in [7, 11) is -3.75. The molecule has 7 heteroatoms. The van der Waals surface area contributed by atoms with E-state index in [0.717, 1.165) is 12.1 Å². The summed E-state index contributed by atoms with van der Waals surface area (Å²) < 4.78 is 48.2. The van der Waals surface area contributed by atoms with Crippen molar-refractivity contribution in [1.82, 2.24) is 0 Å². The lowest BCUT2D eigenvalue weighted by Crippen LogP contribution is -2.11. The number of nitrogens with zero attached hydrogens (tertiary/aromatic N) is 1. The highest BCUT2D eigenvalue weighted by molar-refractivity contribution is 7.89. The molecule has 0 aromatic heterocycles. The Labute approximate surface area is 114 Å². The second-order valence-electron chi connectivity index (χ2n) is 3.96. The summed E-state index contributed by atoms with van der Waals surface area (Å²) in [5.74, 6) is -1.40. The van der Waals surface area contributed by atoms with Crippen molar-refractivity contribution in [2.45, 2.75) is 4.90 Å². The van der Waals surface area contributed by atoms with E-state index in [-0.39, 0.29) is 10.5 Å². The number of primary sulfonamides is 1. The van der Waals surface area contributed by atoms with Crippen LogP contribution in [0.25, 0.3) is 0 Å². The van der Waals surface area contributed by atoms with Crippen molar-refractivity contribution in [2.24, 2.45) is 10.1 Å². The summed E-state index contributed by atoms with van der Waals surface area (Å²) in [5.41, 5.74) is 0.544. The Kier molecular flexibility index (Phi) is 3.91. The van der Waals surface area contributed by atoms with Crippen LogP contribution in [0.15, 0.2) is 52.4 Å². The van der Waals surface area contributed by atoms with Crippen LogP contribution < -0.4 is 5.14 Å². The highest BCUT2D eigenvalue weighted by Gasteiger charge is 2.06. The maximum atomic E-state index is 13.3. The fourth-order valence-electron chi connectivity index (χ4n) is 1.47. The molecule has 0 radical (unpaired) electrons. The summed E-state index contributed by atoms with van der Waals surface area (Å²) >= 11 is 0. The first-order chi connectivity index (χ1) is 9.36. The number of hydrogen-bond donors (Lipinski definition) is 1. The molecular formula is C13H10F2N2O2S. The molecule has 0 aliphatic carbocycles. The molecule has 0 amide bonds. The van der Waals surface area contributed by atoms with Gasteiger partial charge in [-0.3, -0.25) is 4.99 Å². The molecule has 0 unspecified atom stereocenters. The molecule has 20 heavy (non-hydrogen) atoms. The van der Waals surface area contributed by atoms with Gasteiger partial charge in [0.15, 0.2) is 0 Å². The normalized spacial score (nSPS) is 11.9. The Bertz CT molecular complexity index is 756. The fraction of sp³-hybridized carbons (Fsp3) is 0. The monoisotopic (exact) mass is 296 g/mol. The van der Waals surface area contributed by atoms with E-state index in [0.29, 0.717) is 5.69 Å². The lowest BCUT2D eigenvalue weighted by atomic mass is 10.2. The molecule has 0 saturated heterocycles. The third-order valence-electron chi connectivity index (χ3n) is 2.48. The predicted octanol–water partition coefficient (Wildman–Crippen LogP) is 2.36. The number of halogens is 2. The molecule has 0 saturated carbocycles. The average Bonchev–Trinajstić information content (AvgIpc) is 2.37. The molecule has 0 aliphatic rings. The molecule has 2 rings (SSSR count). The van der Waals surface area contributed by atoms with E-state index < -0.39 is 21.7 Å². The quantitative estimate of drug-likeness (QED) is 0.883. The second-order valence-corrected chi connectivity index (χ2v) is 5.52. The Morgan fingerprint density at radius 2 is 1.70 bits per heavy atom. The van der Waals surface area contributed by atoms with Crippen LogP contribution >= 0.6 is 0 Å². The van der Waals surface area contributed by atoms with Gasteiger partial charge in [-0.25, -0.2) is 22.3 Å². The fourth-order valence-corrected chi connectivity index (χ4v) is 1.99. The number of hydrogen-bond acceptors (Lipinski definition) is 3. The summed E-state index contributed by atoms with van der Waals surface area (Å²) in [6.07, 6.45) is 1.22. The summed E-state index contributed by atoms with van der Waals surface area (Å²) in [6.45, 7) is 0. The van der Waals surface area contributed by atoms with E-state index >= 15 is 0 Å². The molecule has 2 aromatic rings. The zero-order chi connectivity index (χ0) is 14.8. The molecule has 2 aromatic carbocycles. The summed E-state index contributed by atoms with van der Waals surface area (Å²) in [5, 5.41) is 4.95. The number of rotatable bonds is 3. The van der Waals surface area contributed by atoms with Gasteiger partial charge in [0.1, 0.15) is 11.6 Å². The first kappa shape index (κ1) is 14.3. The number of sulfonamides is 1. The van der Waals surface area contributed by atoms with Crippen molar-refractivity contribution in [3.63, 3.8) is 0 Å². The maximum Gasteiger partial charge on any atom is 0.238 e. The van der Waals surface area contributed by atoms with Gasteiger partial charge in [-0.1, -0.05) is 0 Å². The minimum Gasteiger partial charge on any atom is -0.256 e. The van der Waals surface area contributed by atoms with Gasteiger partial charge in [-0.05, 0) is 36.4 Å². The lowest BCUT2D eigenvalue weighted by Gasteiger charge is -1.99. The third kappa shape index (κ3) is 3.46. The van der Waals surface area contributed by atoms with E-state index in [1.807, 2.05) is 0 Å². The summed E-state index contributed by atoms with van der Waals surface area (Å²) in [6, 6.07) is 8.58. The maximum absolute atomic E-state index is 13.3. The van der Waals surface area contributed by atoms with Crippen LogP contribution in [0, 0.1) is 11.6 Å². The van der Waals surface area contributed by atoms with Crippen LogP contribution in [0.3, 0.4) is 0 Å². The van der Waals surface area contributed by atoms with Gasteiger partial charge in [0.05, 0.1) is 10.6 Å². The van der Waals surface area contributed by atoms with E-state index in [1.165, 1.54) is 36.5 Å². The molecule has 2 N–H and O–H groups in total. The minimum absolute atomic E-state index is 0.0376. The molecule has 0 spiro atoms. The van der Waals surface area contributed by atoms with Crippen molar-refractivity contribution < 1.29 is 17.2 Å². The molecule has 0 bridgehead atoms. The molecule has 0 aliphatic heterocycles. The highest BCUT2D eigenvalue weighted by atomic mass is 32.2. The second kappa shape index (κ2) is 5.48. The lowest BCUT2D eigenvalue weighted by molar-refractivity contribution is 0.582. The van der Waals surface area contributed by atoms with Crippen molar-refractivity contribution in [1.29, 1.82) is 0 Å². The van der Waals surface area contributed by atoms with Crippen molar-refractivity contribution in [3.8, 4) is 0 Å². The number of nitrogens with two attached hydrogens (primary N) is 1. The van der Waals surface area contributed by atoms with Gasteiger partial charge in [0.2, 0.25) is 10.0 Å². The van der Waals surface area contributed by atoms with Crippen LogP contribution in [-0.4, -0.2) is 14.6 Å². The molecule has 0 heterocycles. The van der Waals surface area contributed by atoms with Crippen LogP contribution in [0.5, 0.6) is 0 Å². The van der Waals surface area contributed by atoms with Gasteiger partial charge >= 0.3 is 0 Å². The zero-order valence-corrected chi connectivity index (χ0v) is 10.9. The molecule has 104 valence electrons. The smallest absolute Gasteiger partial charge is 0.238 e. The van der Waals surface area contributed by atoms with E-state index in [4.69, 9.17) is 5.14 Å². The zero-order valence-electron chi connectivity index (χ0n) is 10.1. The Morgan fingerprint density at radius 3 is 2.25 bits per heavy atom. The Balaban J connectivity index is 2.24. The van der Waals surface area contributed by atoms with Gasteiger partial charge in [0.25, 0.3) is 0 Å². The highest BCUT2D eigenvalue weighted by Crippen LogP contribution is 2.16. The van der Waals surface area contributed by atoms with Crippen molar-refractivity contribution in [3.05, 3.63) is 59.7 Å². The molecule has 4 nitrogen and oxygen atoms in total. The van der Waals surface area contributed by atoms with Crippen LogP contribution in [0.2, 0.25) is 0 Å². The molecule has 0 atom stereocenters. The number of aliphatic imine (C=N–C) groups is 1. The van der Waals surface area contributed by atoms with Gasteiger partial charge in [0, 0.05) is 17.8 Å². The standard InChI is InChI=1S/C13H10F2N2O2S/c14-10-2-1-9(13(15)7-10)8-17-11-3-5-12(6-4-11)20(16,18)19/h1-8H,(H2,16,18,19)/b17-8+. The van der Waals surface area contributed by atoms with Crippen LogP contribution in [0.1, 0.15) is 5.56 Å². The minimum atomic E-state index is -3.75. The third-order valence-corrected chi connectivity index (χ3v) is 3.41. The first-order valence-corrected chi connectivity index (χ1v) is 7.03. The largest absolute Gasteiger partial charge is 0.256 e. The van der Waals surface area contributed by atoms with E-state index in [9.17, 15) is 17.2 Å². The summed E-state index contributed by atoms with van der Waals surface area (Å²) in [4.78, 5) is 3.93. The molecule has 0 fully saturated rings. The number of benzene rings is 2. The van der Waals surface area contributed by atoms with Crippen molar-refractivity contribution >= 4 is 21.9 Å². The molecular weight excluding hydrogens is 286 g/mol. The Morgan fingerprint density at radius 1 is 1.05 bits per heavy atom. The topological polar surface area (TPSA) is 72.5 Å². The SMILES string of the molecule is NS(=O)(=O)c1ccc(/N=C/c2ccc(F)cc2F)cc1. The van der Waals surface area contributed by atoms with Crippen molar-refractivity contribution in [2.75, 3.05) is 0 Å². The van der Waals surface area contributed by atoms with E-state index in [1.54, 1.807) is 0 Å². The van der Waals surface area contributed by atoms with Gasteiger partial charge in [-0.2, -0.15) is 0 Å². The Hall–Kier alpha value is -2.12. The van der Waals surface area contributed by atoms with Gasteiger partial charge in [-0.15, -0.1) is 0 Å². The van der Waals surface area contributed by atoms with Crippen LogP contribution in [-0.2, 0) is 10.0 Å². The van der Waals surface area contributed by atoms with Gasteiger partial charge < -0.3 is 0 Å². The van der Waals surface area contributed by atoms with Crippen LogP contribution in [0.4, 0.5) is 14.5 Å². The average molecular weight is 296 g/mol. The van der Waals surface area contributed by atoms with E-state index in [2.05, 4.69) is 4.99 Å².